The van der Waals surface area contributed by atoms with Gasteiger partial charge in [0.25, 0.3) is 15.8 Å². The Morgan fingerprint density at radius 2 is 2.17 bits per heavy atom. The molecule has 2 aromatic heterocycles. The Balaban J connectivity index is 2.42. The molecule has 0 aliphatic carbocycles. The van der Waals surface area contributed by atoms with E-state index >= 15 is 0 Å². The van der Waals surface area contributed by atoms with E-state index in [0.29, 0.717) is 6.61 Å². The summed E-state index contributed by atoms with van der Waals surface area (Å²) in [6.07, 6.45) is 0. The minimum absolute atomic E-state index is 0.0787. The van der Waals surface area contributed by atoms with Crippen LogP contribution in [0.3, 0.4) is 0 Å². The molecule has 1 unspecified atom stereocenters. The summed E-state index contributed by atoms with van der Waals surface area (Å²) in [5.74, 6) is -0.171. The maximum Gasteiger partial charge on any atom is 0.318 e. The number of rotatable bonds is 7. The Morgan fingerprint density at radius 3 is 2.78 bits per heavy atom. The van der Waals surface area contributed by atoms with E-state index in [-0.39, 0.29) is 28.1 Å². The second-order valence-electron chi connectivity index (χ2n) is 4.29. The smallest absolute Gasteiger partial charge is 0.318 e. The first-order valence-electron chi connectivity index (χ1n) is 6.58. The molecule has 0 aliphatic heterocycles. The first-order chi connectivity index (χ1) is 10.8. The van der Waals surface area contributed by atoms with Gasteiger partial charge >= 0.3 is 5.88 Å². The van der Waals surface area contributed by atoms with Crippen LogP contribution < -0.4 is 14.4 Å². The third-order valence-electron chi connectivity index (χ3n) is 2.77. The van der Waals surface area contributed by atoms with Crippen molar-refractivity contribution >= 4 is 44.0 Å². The van der Waals surface area contributed by atoms with E-state index in [2.05, 4.69) is 13.5 Å². The van der Waals surface area contributed by atoms with Crippen LogP contribution in [0, 0.1) is 0 Å². The molecule has 0 saturated heterocycles. The highest BCUT2D eigenvalue weighted by Crippen LogP contribution is 2.43. The minimum Gasteiger partial charge on any atom is -0.546 e. The Morgan fingerprint density at radius 1 is 1.48 bits per heavy atom. The SMILES string of the molecule is CCNS(=O)(=O)c1scc(N(C)c2n[s+]([O-])nc2OCC)c1O. The number of ether oxygens (including phenoxy) is 1. The number of hydrogen-bond acceptors (Lipinski definition) is 9. The normalized spacial score (nSPS) is 12.4. The highest BCUT2D eigenvalue weighted by Gasteiger charge is 2.29. The van der Waals surface area contributed by atoms with Crippen molar-refractivity contribution in [1.29, 1.82) is 0 Å². The minimum atomic E-state index is -3.78. The fourth-order valence-electron chi connectivity index (χ4n) is 1.80. The Kier molecular flexibility index (Phi) is 5.41. The number of thiophene rings is 1. The maximum atomic E-state index is 12.0. The molecule has 0 aliphatic rings. The second kappa shape index (κ2) is 6.97. The van der Waals surface area contributed by atoms with E-state index < -0.39 is 26.9 Å². The van der Waals surface area contributed by atoms with Crippen LogP contribution in [0.4, 0.5) is 11.5 Å². The quantitative estimate of drug-likeness (QED) is 0.691. The molecule has 0 aromatic carbocycles. The average molecular weight is 380 g/mol. The Hall–Kier alpha value is -1.47. The van der Waals surface area contributed by atoms with Crippen LogP contribution in [-0.2, 0) is 10.0 Å². The number of anilines is 2. The summed E-state index contributed by atoms with van der Waals surface area (Å²) in [6.45, 7) is 3.89. The monoisotopic (exact) mass is 380 g/mol. The van der Waals surface area contributed by atoms with Crippen molar-refractivity contribution in [1.82, 2.24) is 13.5 Å². The number of sulfonamides is 1. The molecule has 128 valence electrons. The zero-order chi connectivity index (χ0) is 17.2. The summed E-state index contributed by atoms with van der Waals surface area (Å²) >= 11 is -0.926. The summed E-state index contributed by atoms with van der Waals surface area (Å²) in [7, 11) is -2.24. The first kappa shape index (κ1) is 17.9. The third kappa shape index (κ3) is 3.55. The predicted molar refractivity (Wildman–Crippen MR) is 86.8 cm³/mol. The molecule has 9 nitrogen and oxygen atoms in total. The lowest BCUT2D eigenvalue weighted by Crippen LogP contribution is -2.22. The largest absolute Gasteiger partial charge is 0.546 e. The van der Waals surface area contributed by atoms with Crippen molar-refractivity contribution in [3.05, 3.63) is 5.38 Å². The van der Waals surface area contributed by atoms with Crippen LogP contribution in [0.15, 0.2) is 9.59 Å². The molecule has 0 fully saturated rings. The molecule has 2 aromatic rings. The number of hydrogen-bond donors (Lipinski definition) is 2. The lowest BCUT2D eigenvalue weighted by molar-refractivity contribution is 0.330. The van der Waals surface area contributed by atoms with E-state index in [1.165, 1.54) is 10.3 Å². The zero-order valence-electron chi connectivity index (χ0n) is 12.6. The lowest BCUT2D eigenvalue weighted by Gasteiger charge is -2.14. The topological polar surface area (TPSA) is 128 Å². The molecular formula is C11H16N4O5S3. The van der Waals surface area contributed by atoms with Gasteiger partial charge in [-0.15, -0.1) is 11.3 Å². The maximum absolute atomic E-state index is 12.0. The van der Waals surface area contributed by atoms with Crippen LogP contribution in [0.25, 0.3) is 0 Å². The average Bonchev–Trinajstić information content (AvgIpc) is 3.02. The Labute approximate surface area is 140 Å². The molecule has 1 atom stereocenters. The van der Waals surface area contributed by atoms with Crippen molar-refractivity contribution in [2.45, 2.75) is 18.1 Å². The highest BCUT2D eigenvalue weighted by molar-refractivity contribution is 7.91. The third-order valence-corrected chi connectivity index (χ3v) is 6.47. The molecule has 0 amide bonds. The van der Waals surface area contributed by atoms with E-state index in [9.17, 15) is 18.1 Å². The van der Waals surface area contributed by atoms with E-state index in [0.717, 1.165) is 11.3 Å². The van der Waals surface area contributed by atoms with Gasteiger partial charge in [0.05, 0.1) is 12.3 Å². The van der Waals surface area contributed by atoms with E-state index in [1.54, 1.807) is 20.9 Å². The second-order valence-corrected chi connectivity index (χ2v) is 7.96. The highest BCUT2D eigenvalue weighted by atomic mass is 32.2. The Bertz CT molecular complexity index is 786. The van der Waals surface area contributed by atoms with Crippen molar-refractivity contribution in [2.24, 2.45) is 0 Å². The van der Waals surface area contributed by atoms with Crippen molar-refractivity contribution in [3.8, 4) is 11.6 Å². The number of nitrogens with zero attached hydrogens (tertiary/aromatic N) is 3. The van der Waals surface area contributed by atoms with Crippen LogP contribution >= 0.6 is 22.5 Å². The van der Waals surface area contributed by atoms with Crippen LogP contribution in [0.2, 0.25) is 0 Å². The van der Waals surface area contributed by atoms with Crippen LogP contribution in [0.1, 0.15) is 13.8 Å². The van der Waals surface area contributed by atoms with Crippen LogP contribution in [-0.4, -0.2) is 47.0 Å². The summed E-state index contributed by atoms with van der Waals surface area (Å²) < 4.78 is 50.5. The van der Waals surface area contributed by atoms with Crippen molar-refractivity contribution in [2.75, 3.05) is 25.1 Å². The molecule has 0 radical (unpaired) electrons. The van der Waals surface area contributed by atoms with Gasteiger partial charge in [0.1, 0.15) is 0 Å². The number of aromatic nitrogens is 2. The van der Waals surface area contributed by atoms with Gasteiger partial charge in [-0.3, -0.25) is 0 Å². The molecule has 0 spiro atoms. The molecule has 2 heterocycles. The fourth-order valence-corrected chi connectivity index (χ4v) is 4.87. The molecule has 23 heavy (non-hydrogen) atoms. The lowest BCUT2D eigenvalue weighted by atomic mass is 10.4. The number of nitrogens with one attached hydrogen (secondary N) is 1. The molecule has 2 N–H and O–H groups in total. The molecule has 2 rings (SSSR count). The summed E-state index contributed by atoms with van der Waals surface area (Å²) in [5, 5.41) is 11.7. The van der Waals surface area contributed by atoms with Gasteiger partial charge in [-0.25, -0.2) is 13.1 Å². The molecule has 0 saturated carbocycles. The zero-order valence-corrected chi connectivity index (χ0v) is 15.1. The van der Waals surface area contributed by atoms with Crippen LogP contribution in [0.5, 0.6) is 11.6 Å². The van der Waals surface area contributed by atoms with Gasteiger partial charge in [-0.05, 0) is 6.92 Å². The van der Waals surface area contributed by atoms with Crippen molar-refractivity contribution < 1.29 is 22.8 Å². The fraction of sp³-hybridized carbons (Fsp3) is 0.455. The molecular weight excluding hydrogens is 364 g/mol. The van der Waals surface area contributed by atoms with Gasteiger partial charge in [0.2, 0.25) is 0 Å². The van der Waals surface area contributed by atoms with Gasteiger partial charge in [-0.2, -0.15) is 0 Å². The predicted octanol–water partition coefficient (Wildman–Crippen LogP) is 1.44. The van der Waals surface area contributed by atoms with E-state index in [4.69, 9.17) is 4.74 Å². The number of aromatic hydroxyl groups is 1. The molecule has 12 heteroatoms. The van der Waals surface area contributed by atoms with E-state index in [1.807, 2.05) is 0 Å². The standard InChI is InChI=1S/C11H16N4O5S3/c1-4-12-23(18,19)11-8(16)7(6-21-11)15(3)9-10(20-5-2)14-22(17)13-9/h6,12,16H,4-5H2,1-3H3. The first-order valence-corrected chi connectivity index (χ1v) is 10.0. The molecule has 0 bridgehead atoms. The van der Waals surface area contributed by atoms with Gasteiger partial charge < -0.3 is 19.3 Å². The summed E-state index contributed by atoms with van der Waals surface area (Å²) in [4.78, 5) is 1.39. The summed E-state index contributed by atoms with van der Waals surface area (Å²) in [5.41, 5.74) is 0.205. The van der Waals surface area contributed by atoms with Crippen molar-refractivity contribution in [3.63, 3.8) is 0 Å². The van der Waals surface area contributed by atoms with Gasteiger partial charge in [-0.1, -0.05) is 6.92 Å². The van der Waals surface area contributed by atoms with Gasteiger partial charge in [0.15, 0.2) is 21.1 Å². The van der Waals surface area contributed by atoms with Gasteiger partial charge in [0, 0.05) is 27.7 Å². The summed E-state index contributed by atoms with van der Waals surface area (Å²) in [6, 6.07) is 0.